The van der Waals surface area contributed by atoms with Gasteiger partial charge in [-0.2, -0.15) is 13.2 Å². The smallest absolute Gasteiger partial charge is 0.295 e. The lowest BCUT2D eigenvalue weighted by Gasteiger charge is -2.11. The second-order valence-corrected chi connectivity index (χ2v) is 4.78. The van der Waals surface area contributed by atoms with Gasteiger partial charge in [0.15, 0.2) is 5.78 Å². The summed E-state index contributed by atoms with van der Waals surface area (Å²) in [6.45, 7) is 3.12. The number of benzene rings is 2. The predicted molar refractivity (Wildman–Crippen MR) is 71.6 cm³/mol. The Kier molecular flexibility index (Phi) is 3.85. The first-order valence-electron chi connectivity index (χ1n) is 6.19. The highest BCUT2D eigenvalue weighted by Crippen LogP contribution is 2.33. The van der Waals surface area contributed by atoms with Gasteiger partial charge in [-0.15, -0.1) is 0 Å². The highest BCUT2D eigenvalue weighted by atomic mass is 19.4. The summed E-state index contributed by atoms with van der Waals surface area (Å²) in [7, 11) is 0. The lowest BCUT2D eigenvalue weighted by atomic mass is 9.97. The number of hydrogen-bond donors (Lipinski definition) is 0. The van der Waals surface area contributed by atoms with Gasteiger partial charge in [-0.05, 0) is 43.2 Å². The molecule has 0 atom stereocenters. The van der Waals surface area contributed by atoms with Crippen molar-refractivity contribution in [3.8, 4) is 11.1 Å². The summed E-state index contributed by atoms with van der Waals surface area (Å²) in [4.78, 5) is 11.5. The number of halogens is 4. The molecule has 0 N–H and O–H groups in total. The van der Waals surface area contributed by atoms with Gasteiger partial charge >= 0.3 is 6.18 Å². The van der Waals surface area contributed by atoms with Crippen LogP contribution >= 0.6 is 0 Å². The van der Waals surface area contributed by atoms with Crippen LogP contribution < -0.4 is 0 Å². The average molecular weight is 296 g/mol. The highest BCUT2D eigenvalue weighted by Gasteiger charge is 2.31. The number of carbonyl (C=O) groups is 1. The van der Waals surface area contributed by atoms with Crippen LogP contribution in [0.25, 0.3) is 11.1 Å². The molecule has 0 unspecified atom stereocenters. The maximum Gasteiger partial charge on any atom is 0.416 e. The molecule has 5 heteroatoms. The molecule has 0 spiro atoms. The second-order valence-electron chi connectivity index (χ2n) is 4.78. The summed E-state index contributed by atoms with van der Waals surface area (Å²) in [5.74, 6) is -1.15. The molecule has 2 rings (SSSR count). The fourth-order valence-electron chi connectivity index (χ4n) is 2.09. The molecule has 2 aromatic rings. The first-order valence-corrected chi connectivity index (χ1v) is 6.19. The molecule has 0 radical (unpaired) electrons. The predicted octanol–water partition coefficient (Wildman–Crippen LogP) is 5.02. The van der Waals surface area contributed by atoms with Gasteiger partial charge in [0.1, 0.15) is 5.82 Å². The average Bonchev–Trinajstić information content (AvgIpc) is 2.38. The third kappa shape index (κ3) is 3.12. The van der Waals surface area contributed by atoms with Gasteiger partial charge in [0.25, 0.3) is 0 Å². The lowest BCUT2D eigenvalue weighted by Crippen LogP contribution is -2.05. The monoisotopic (exact) mass is 296 g/mol. The first kappa shape index (κ1) is 15.2. The minimum absolute atomic E-state index is 0.0329. The fourth-order valence-corrected chi connectivity index (χ4v) is 2.09. The molecule has 2 aromatic carbocycles. The highest BCUT2D eigenvalue weighted by molar-refractivity contribution is 5.96. The van der Waals surface area contributed by atoms with E-state index >= 15 is 0 Å². The molecule has 0 amide bonds. The van der Waals surface area contributed by atoms with Gasteiger partial charge in [0.05, 0.1) is 5.56 Å². The van der Waals surface area contributed by atoms with E-state index in [0.29, 0.717) is 17.2 Å². The zero-order valence-electron chi connectivity index (χ0n) is 11.4. The maximum atomic E-state index is 13.9. The Bertz CT molecular complexity index is 702. The number of aryl methyl sites for hydroxylation is 1. The number of hydrogen-bond acceptors (Lipinski definition) is 1. The molecule has 0 bridgehead atoms. The molecular weight excluding hydrogens is 284 g/mol. The first-order chi connectivity index (χ1) is 9.70. The van der Waals surface area contributed by atoms with Crippen molar-refractivity contribution in [1.82, 2.24) is 0 Å². The van der Waals surface area contributed by atoms with Crippen LogP contribution in [0.4, 0.5) is 17.6 Å². The summed E-state index contributed by atoms with van der Waals surface area (Å²) >= 11 is 0. The lowest BCUT2D eigenvalue weighted by molar-refractivity contribution is -0.137. The van der Waals surface area contributed by atoms with E-state index < -0.39 is 17.6 Å². The zero-order chi connectivity index (χ0) is 15.8. The molecule has 0 fully saturated rings. The molecule has 1 nitrogen and oxygen atoms in total. The standard InChI is InChI=1S/C16H12F4O/c1-9-3-4-11(7-14(9)10(2)21)13-6-5-12(8-15(13)17)16(18,19)20/h3-8H,1-2H3. The summed E-state index contributed by atoms with van der Waals surface area (Å²) in [6.07, 6.45) is -4.59. The van der Waals surface area contributed by atoms with Crippen molar-refractivity contribution in [2.24, 2.45) is 0 Å². The van der Waals surface area contributed by atoms with E-state index in [2.05, 4.69) is 0 Å². The summed E-state index contributed by atoms with van der Waals surface area (Å²) in [5, 5.41) is 0. The molecular formula is C16H12F4O. The Morgan fingerprint density at radius 3 is 2.24 bits per heavy atom. The number of ketones is 1. The minimum Gasteiger partial charge on any atom is -0.295 e. The van der Waals surface area contributed by atoms with E-state index in [4.69, 9.17) is 0 Å². The number of rotatable bonds is 2. The molecule has 0 aliphatic heterocycles. The van der Waals surface area contributed by atoms with Crippen LogP contribution in [-0.2, 0) is 6.18 Å². The molecule has 0 aliphatic carbocycles. The van der Waals surface area contributed by atoms with Crippen molar-refractivity contribution < 1.29 is 22.4 Å². The van der Waals surface area contributed by atoms with Gasteiger partial charge in [0.2, 0.25) is 0 Å². The zero-order valence-corrected chi connectivity index (χ0v) is 11.4. The van der Waals surface area contributed by atoms with Crippen LogP contribution in [0.3, 0.4) is 0 Å². The van der Waals surface area contributed by atoms with Crippen molar-refractivity contribution in [2.75, 3.05) is 0 Å². The minimum atomic E-state index is -4.59. The quantitative estimate of drug-likeness (QED) is 0.561. The van der Waals surface area contributed by atoms with Crippen LogP contribution in [0.1, 0.15) is 28.4 Å². The van der Waals surface area contributed by atoms with Crippen molar-refractivity contribution in [2.45, 2.75) is 20.0 Å². The normalized spacial score (nSPS) is 11.5. The van der Waals surface area contributed by atoms with Gasteiger partial charge in [0, 0.05) is 11.1 Å². The molecule has 0 saturated carbocycles. The van der Waals surface area contributed by atoms with Crippen LogP contribution in [0.2, 0.25) is 0 Å². The number of carbonyl (C=O) groups excluding carboxylic acids is 1. The summed E-state index contributed by atoms with van der Waals surface area (Å²) in [6, 6.07) is 7.07. The fraction of sp³-hybridized carbons (Fsp3) is 0.188. The van der Waals surface area contributed by atoms with E-state index in [1.807, 2.05) is 0 Å². The van der Waals surface area contributed by atoms with Crippen molar-refractivity contribution in [1.29, 1.82) is 0 Å². The maximum absolute atomic E-state index is 13.9. The topological polar surface area (TPSA) is 17.1 Å². The van der Waals surface area contributed by atoms with Crippen molar-refractivity contribution >= 4 is 5.78 Å². The molecule has 0 heterocycles. The summed E-state index contributed by atoms with van der Waals surface area (Å²) < 4.78 is 51.5. The molecule has 110 valence electrons. The Morgan fingerprint density at radius 2 is 1.71 bits per heavy atom. The largest absolute Gasteiger partial charge is 0.416 e. The molecule has 0 aliphatic rings. The number of alkyl halides is 3. The van der Waals surface area contributed by atoms with Gasteiger partial charge in [-0.3, -0.25) is 4.79 Å². The van der Waals surface area contributed by atoms with Gasteiger partial charge in [-0.1, -0.05) is 18.2 Å². The third-order valence-electron chi connectivity index (χ3n) is 3.22. The van der Waals surface area contributed by atoms with Crippen molar-refractivity contribution in [3.63, 3.8) is 0 Å². The summed E-state index contributed by atoms with van der Waals surface area (Å²) in [5.41, 5.74) is 0.524. The van der Waals surface area contributed by atoms with Crippen LogP contribution in [-0.4, -0.2) is 5.78 Å². The van der Waals surface area contributed by atoms with E-state index in [0.717, 1.165) is 17.7 Å². The molecule has 0 aromatic heterocycles. The van der Waals surface area contributed by atoms with E-state index in [1.54, 1.807) is 19.1 Å². The van der Waals surface area contributed by atoms with E-state index in [1.165, 1.54) is 13.0 Å². The van der Waals surface area contributed by atoms with Crippen LogP contribution in [0.15, 0.2) is 36.4 Å². The van der Waals surface area contributed by atoms with Gasteiger partial charge in [-0.25, -0.2) is 4.39 Å². The third-order valence-corrected chi connectivity index (χ3v) is 3.22. The Hall–Kier alpha value is -2.17. The van der Waals surface area contributed by atoms with Crippen LogP contribution in [0.5, 0.6) is 0 Å². The second kappa shape index (κ2) is 5.31. The molecule has 0 saturated heterocycles. The van der Waals surface area contributed by atoms with Crippen molar-refractivity contribution in [3.05, 3.63) is 58.9 Å². The Balaban J connectivity index is 2.53. The Labute approximate surface area is 119 Å². The van der Waals surface area contributed by atoms with Crippen LogP contribution in [0, 0.1) is 12.7 Å². The Morgan fingerprint density at radius 1 is 1.05 bits per heavy atom. The molecule has 21 heavy (non-hydrogen) atoms. The number of Topliss-reactive ketones (excluding diaryl/α,β-unsaturated/α-hetero) is 1. The van der Waals surface area contributed by atoms with E-state index in [-0.39, 0.29) is 11.3 Å². The van der Waals surface area contributed by atoms with E-state index in [9.17, 15) is 22.4 Å². The van der Waals surface area contributed by atoms with Gasteiger partial charge < -0.3 is 0 Å². The SMILES string of the molecule is CC(=O)c1cc(-c2ccc(C(F)(F)F)cc2F)ccc1C.